The van der Waals surface area contributed by atoms with Crippen LogP contribution >= 0.6 is 11.6 Å². The number of piperazine rings is 1. The number of amides is 1. The zero-order valence-electron chi connectivity index (χ0n) is 10.2. The van der Waals surface area contributed by atoms with E-state index in [2.05, 4.69) is 4.90 Å². The quantitative estimate of drug-likeness (QED) is 0.689. The maximum atomic E-state index is 12.3. The number of nitrogens with zero attached hydrogens (tertiary/aromatic N) is 2. The molecule has 0 aliphatic carbocycles. The van der Waals surface area contributed by atoms with Crippen molar-refractivity contribution in [3.8, 4) is 0 Å². The van der Waals surface area contributed by atoms with E-state index in [9.17, 15) is 4.79 Å². The fourth-order valence-corrected chi connectivity index (χ4v) is 2.78. The van der Waals surface area contributed by atoms with Crippen molar-refractivity contribution in [2.24, 2.45) is 5.41 Å². The Morgan fingerprint density at radius 1 is 1.38 bits per heavy atom. The van der Waals surface area contributed by atoms with Crippen LogP contribution in [0.3, 0.4) is 0 Å². The van der Waals surface area contributed by atoms with Crippen LogP contribution in [0, 0.1) is 5.41 Å². The molecule has 1 amide bonds. The number of rotatable bonds is 2. The third-order valence-corrected chi connectivity index (χ3v) is 4.46. The van der Waals surface area contributed by atoms with Crippen LogP contribution in [0.15, 0.2) is 0 Å². The molecule has 0 radical (unpaired) electrons. The SMILES string of the molecule is CC(C)(CCl)C(=O)N1CCN2CCCC2C1. The number of hydrogen-bond donors (Lipinski definition) is 0. The van der Waals surface area contributed by atoms with Crippen LogP contribution in [0.4, 0.5) is 0 Å². The molecule has 0 aromatic heterocycles. The molecule has 4 heteroatoms. The zero-order chi connectivity index (χ0) is 11.8. The van der Waals surface area contributed by atoms with Gasteiger partial charge < -0.3 is 4.90 Å². The Morgan fingerprint density at radius 2 is 2.12 bits per heavy atom. The van der Waals surface area contributed by atoms with Crippen molar-refractivity contribution in [3.05, 3.63) is 0 Å². The first-order chi connectivity index (χ1) is 7.54. The van der Waals surface area contributed by atoms with Crippen molar-refractivity contribution in [1.29, 1.82) is 0 Å². The molecule has 1 unspecified atom stereocenters. The van der Waals surface area contributed by atoms with Crippen LogP contribution in [-0.4, -0.2) is 53.8 Å². The molecule has 2 heterocycles. The largest absolute Gasteiger partial charge is 0.339 e. The molecular weight excluding hydrogens is 224 g/mol. The molecule has 1 atom stereocenters. The van der Waals surface area contributed by atoms with Gasteiger partial charge in [-0.3, -0.25) is 9.69 Å². The monoisotopic (exact) mass is 244 g/mol. The fourth-order valence-electron chi connectivity index (χ4n) is 2.66. The van der Waals surface area contributed by atoms with Gasteiger partial charge in [0.15, 0.2) is 0 Å². The van der Waals surface area contributed by atoms with E-state index in [4.69, 9.17) is 11.6 Å². The summed E-state index contributed by atoms with van der Waals surface area (Å²) in [6.07, 6.45) is 2.52. The topological polar surface area (TPSA) is 23.6 Å². The normalized spacial score (nSPS) is 26.9. The summed E-state index contributed by atoms with van der Waals surface area (Å²) in [5, 5.41) is 0. The Kier molecular flexibility index (Phi) is 3.45. The number of carbonyl (C=O) groups is 1. The lowest BCUT2D eigenvalue weighted by Gasteiger charge is -2.40. The van der Waals surface area contributed by atoms with Crippen LogP contribution in [0.1, 0.15) is 26.7 Å². The standard InChI is InChI=1S/C12H21ClN2O/c1-12(2,9-13)11(16)15-7-6-14-5-3-4-10(14)8-15/h10H,3-9H2,1-2H3. The smallest absolute Gasteiger partial charge is 0.229 e. The van der Waals surface area contributed by atoms with Gasteiger partial charge in [0, 0.05) is 31.6 Å². The molecule has 3 nitrogen and oxygen atoms in total. The van der Waals surface area contributed by atoms with Crippen molar-refractivity contribution in [2.45, 2.75) is 32.7 Å². The van der Waals surface area contributed by atoms with Gasteiger partial charge in [0.05, 0.1) is 5.41 Å². The highest BCUT2D eigenvalue weighted by atomic mass is 35.5. The Hall–Kier alpha value is -0.280. The van der Waals surface area contributed by atoms with Gasteiger partial charge in [-0.15, -0.1) is 11.6 Å². The molecule has 2 saturated heterocycles. The summed E-state index contributed by atoms with van der Waals surface area (Å²) >= 11 is 5.86. The summed E-state index contributed by atoms with van der Waals surface area (Å²) in [7, 11) is 0. The zero-order valence-corrected chi connectivity index (χ0v) is 11.0. The average Bonchev–Trinajstić information content (AvgIpc) is 2.74. The van der Waals surface area contributed by atoms with Gasteiger partial charge in [0.25, 0.3) is 0 Å². The molecule has 0 saturated carbocycles. The lowest BCUT2D eigenvalue weighted by Crippen LogP contribution is -2.55. The number of carbonyl (C=O) groups excluding carboxylic acids is 1. The summed E-state index contributed by atoms with van der Waals surface area (Å²) in [6, 6.07) is 0.601. The second kappa shape index (κ2) is 4.53. The summed E-state index contributed by atoms with van der Waals surface area (Å²) in [6.45, 7) is 7.89. The molecule has 0 N–H and O–H groups in total. The third kappa shape index (κ3) is 2.21. The minimum Gasteiger partial charge on any atom is -0.339 e. The highest BCUT2D eigenvalue weighted by Crippen LogP contribution is 2.26. The van der Waals surface area contributed by atoms with Crippen LogP contribution in [0.25, 0.3) is 0 Å². The molecule has 2 fully saturated rings. The van der Waals surface area contributed by atoms with Crippen LogP contribution < -0.4 is 0 Å². The molecule has 92 valence electrons. The highest BCUT2D eigenvalue weighted by Gasteiger charge is 2.37. The molecule has 0 spiro atoms. The first-order valence-electron chi connectivity index (χ1n) is 6.14. The number of hydrogen-bond acceptors (Lipinski definition) is 2. The van der Waals surface area contributed by atoms with Crippen molar-refractivity contribution in [1.82, 2.24) is 9.80 Å². The van der Waals surface area contributed by atoms with Crippen LogP contribution in [-0.2, 0) is 4.79 Å². The van der Waals surface area contributed by atoms with Gasteiger partial charge in [0.2, 0.25) is 5.91 Å². The third-order valence-electron chi connectivity index (χ3n) is 3.79. The maximum Gasteiger partial charge on any atom is 0.229 e. The lowest BCUT2D eigenvalue weighted by atomic mass is 9.93. The molecule has 2 aliphatic heterocycles. The van der Waals surface area contributed by atoms with E-state index in [0.717, 1.165) is 19.6 Å². The second-order valence-electron chi connectivity index (χ2n) is 5.60. The minimum absolute atomic E-state index is 0.217. The summed E-state index contributed by atoms with van der Waals surface area (Å²) < 4.78 is 0. The minimum atomic E-state index is -0.414. The van der Waals surface area contributed by atoms with E-state index >= 15 is 0 Å². The maximum absolute atomic E-state index is 12.3. The predicted octanol–water partition coefficient (Wildman–Crippen LogP) is 1.56. The number of fused-ring (bicyclic) bond motifs is 1. The lowest BCUT2D eigenvalue weighted by molar-refractivity contribution is -0.141. The summed E-state index contributed by atoms with van der Waals surface area (Å²) in [5.41, 5.74) is -0.414. The second-order valence-corrected chi connectivity index (χ2v) is 5.87. The van der Waals surface area contributed by atoms with Crippen LogP contribution in [0.5, 0.6) is 0 Å². The van der Waals surface area contributed by atoms with E-state index in [1.54, 1.807) is 0 Å². The number of alkyl halides is 1. The first-order valence-corrected chi connectivity index (χ1v) is 6.67. The Balaban J connectivity index is 1.98. The Labute approximate surface area is 103 Å². The van der Waals surface area contributed by atoms with E-state index < -0.39 is 5.41 Å². The van der Waals surface area contributed by atoms with Gasteiger partial charge in [-0.05, 0) is 33.2 Å². The average molecular weight is 245 g/mol. The fraction of sp³-hybridized carbons (Fsp3) is 0.917. The molecule has 0 aromatic carbocycles. The molecule has 0 aromatic rings. The van der Waals surface area contributed by atoms with Gasteiger partial charge in [0.1, 0.15) is 0 Å². The van der Waals surface area contributed by atoms with Crippen molar-refractivity contribution in [3.63, 3.8) is 0 Å². The van der Waals surface area contributed by atoms with Crippen molar-refractivity contribution < 1.29 is 4.79 Å². The number of halogens is 1. The highest BCUT2D eigenvalue weighted by molar-refractivity contribution is 6.19. The van der Waals surface area contributed by atoms with Gasteiger partial charge in [-0.25, -0.2) is 0 Å². The van der Waals surface area contributed by atoms with Gasteiger partial charge >= 0.3 is 0 Å². The molecule has 0 bridgehead atoms. The summed E-state index contributed by atoms with van der Waals surface area (Å²) in [5.74, 6) is 0.616. The van der Waals surface area contributed by atoms with Crippen molar-refractivity contribution >= 4 is 17.5 Å². The van der Waals surface area contributed by atoms with E-state index in [0.29, 0.717) is 11.9 Å². The predicted molar refractivity (Wildman–Crippen MR) is 65.7 cm³/mol. The van der Waals surface area contributed by atoms with E-state index in [-0.39, 0.29) is 5.91 Å². The van der Waals surface area contributed by atoms with Gasteiger partial charge in [-0.2, -0.15) is 0 Å². The summed E-state index contributed by atoms with van der Waals surface area (Å²) in [4.78, 5) is 16.8. The molecule has 2 aliphatic rings. The van der Waals surface area contributed by atoms with Crippen LogP contribution in [0.2, 0.25) is 0 Å². The van der Waals surface area contributed by atoms with Crippen molar-refractivity contribution in [2.75, 3.05) is 32.1 Å². The first kappa shape index (κ1) is 12.2. The molecular formula is C12H21ClN2O. The van der Waals surface area contributed by atoms with E-state index in [1.165, 1.54) is 19.4 Å². The van der Waals surface area contributed by atoms with Gasteiger partial charge in [-0.1, -0.05) is 0 Å². The van der Waals surface area contributed by atoms with E-state index in [1.807, 2.05) is 18.7 Å². The Bertz CT molecular complexity index is 280. The Morgan fingerprint density at radius 3 is 2.81 bits per heavy atom. The molecule has 16 heavy (non-hydrogen) atoms. The molecule has 2 rings (SSSR count).